The third kappa shape index (κ3) is 4.53. The lowest BCUT2D eigenvalue weighted by molar-refractivity contribution is -0.138. The van der Waals surface area contributed by atoms with Gasteiger partial charge in [0, 0.05) is 12.6 Å². The molecule has 134 valence electrons. The van der Waals surface area contributed by atoms with Crippen LogP contribution in [0.1, 0.15) is 29.7 Å². The molecule has 1 unspecified atom stereocenters. The van der Waals surface area contributed by atoms with Crippen LogP contribution in [0.15, 0.2) is 48.5 Å². The van der Waals surface area contributed by atoms with E-state index in [1.807, 2.05) is 25.1 Å². The Labute approximate surface area is 145 Å². The molecule has 6 heteroatoms. The second-order valence-electron chi connectivity index (χ2n) is 5.80. The van der Waals surface area contributed by atoms with Gasteiger partial charge in [-0.05, 0) is 24.6 Å². The first-order valence-electron chi connectivity index (χ1n) is 7.78. The van der Waals surface area contributed by atoms with Gasteiger partial charge in [0.1, 0.15) is 5.75 Å². The molecule has 0 radical (unpaired) electrons. The standard InChI is InChI=1S/C19H20F3NO2/c1-13(16-9-4-5-10-17(16)25-3)23(2)18(24)12-14-7-6-8-15(11-14)19(20,21)22/h4-11,13H,12H2,1-3H3. The molecule has 0 N–H and O–H groups in total. The Balaban J connectivity index is 2.15. The molecule has 0 bridgehead atoms. The van der Waals surface area contributed by atoms with Crippen molar-refractivity contribution >= 4 is 5.91 Å². The molecule has 3 nitrogen and oxygen atoms in total. The molecule has 0 saturated heterocycles. The number of likely N-dealkylation sites (N-methyl/N-ethyl adjacent to an activating group) is 1. The average Bonchev–Trinajstić information content (AvgIpc) is 2.59. The minimum absolute atomic E-state index is 0.0973. The van der Waals surface area contributed by atoms with Gasteiger partial charge in [-0.3, -0.25) is 4.79 Å². The Bertz CT molecular complexity index is 743. The predicted octanol–water partition coefficient (Wildman–Crippen LogP) is 4.48. The van der Waals surface area contributed by atoms with Crippen LogP contribution >= 0.6 is 0 Å². The summed E-state index contributed by atoms with van der Waals surface area (Å²) in [5.74, 6) is 0.395. The summed E-state index contributed by atoms with van der Waals surface area (Å²) in [5.41, 5.74) is 0.419. The summed E-state index contributed by atoms with van der Waals surface area (Å²) in [6.45, 7) is 1.85. The zero-order chi connectivity index (χ0) is 18.6. The molecule has 2 rings (SSSR count). The minimum Gasteiger partial charge on any atom is -0.496 e. The molecule has 0 aromatic heterocycles. The van der Waals surface area contributed by atoms with E-state index < -0.39 is 11.7 Å². The van der Waals surface area contributed by atoms with Gasteiger partial charge in [0.15, 0.2) is 0 Å². The summed E-state index contributed by atoms with van der Waals surface area (Å²) in [7, 11) is 3.18. The molecule has 0 heterocycles. The van der Waals surface area contributed by atoms with Crippen LogP contribution in [0.3, 0.4) is 0 Å². The maximum atomic E-state index is 12.8. The number of carbonyl (C=O) groups excluding carboxylic acids is 1. The zero-order valence-electron chi connectivity index (χ0n) is 14.3. The van der Waals surface area contributed by atoms with Crippen LogP contribution in [0.2, 0.25) is 0 Å². The molecule has 0 saturated carbocycles. The van der Waals surface area contributed by atoms with Crippen molar-refractivity contribution in [1.29, 1.82) is 0 Å². The van der Waals surface area contributed by atoms with E-state index in [4.69, 9.17) is 4.74 Å². The first-order valence-corrected chi connectivity index (χ1v) is 7.78. The van der Waals surface area contributed by atoms with Gasteiger partial charge in [0.25, 0.3) is 0 Å². The Morgan fingerprint density at radius 2 is 1.84 bits per heavy atom. The number of benzene rings is 2. The van der Waals surface area contributed by atoms with Crippen LogP contribution < -0.4 is 4.74 Å². The number of hydrogen-bond donors (Lipinski definition) is 0. The quantitative estimate of drug-likeness (QED) is 0.795. The Morgan fingerprint density at radius 3 is 2.48 bits per heavy atom. The van der Waals surface area contributed by atoms with Crippen LogP contribution in [0.5, 0.6) is 5.75 Å². The van der Waals surface area contributed by atoms with Crippen molar-refractivity contribution in [2.75, 3.05) is 14.2 Å². The highest BCUT2D eigenvalue weighted by atomic mass is 19.4. The lowest BCUT2D eigenvalue weighted by atomic mass is 10.0. The van der Waals surface area contributed by atoms with Gasteiger partial charge >= 0.3 is 6.18 Å². The number of halogens is 3. The van der Waals surface area contributed by atoms with Crippen LogP contribution in [0.25, 0.3) is 0 Å². The average molecular weight is 351 g/mol. The number of alkyl halides is 3. The van der Waals surface area contributed by atoms with E-state index in [9.17, 15) is 18.0 Å². The van der Waals surface area contributed by atoms with Gasteiger partial charge in [-0.2, -0.15) is 13.2 Å². The Kier molecular flexibility index (Phi) is 5.72. The van der Waals surface area contributed by atoms with Gasteiger partial charge in [-0.1, -0.05) is 36.4 Å². The largest absolute Gasteiger partial charge is 0.496 e. The SMILES string of the molecule is COc1ccccc1C(C)N(C)C(=O)Cc1cccc(C(F)(F)F)c1. The van der Waals surface area contributed by atoms with Crippen LogP contribution in [-0.4, -0.2) is 25.0 Å². The molecule has 0 aliphatic heterocycles. The molecule has 0 fully saturated rings. The van der Waals surface area contributed by atoms with Crippen molar-refractivity contribution in [1.82, 2.24) is 4.90 Å². The number of carbonyl (C=O) groups is 1. The first-order chi connectivity index (χ1) is 11.7. The molecular formula is C19H20F3NO2. The lowest BCUT2D eigenvalue weighted by Crippen LogP contribution is -2.31. The smallest absolute Gasteiger partial charge is 0.416 e. The third-order valence-corrected chi connectivity index (χ3v) is 4.17. The molecule has 2 aromatic carbocycles. The van der Waals surface area contributed by atoms with Gasteiger partial charge in [0.2, 0.25) is 5.91 Å². The number of amides is 1. The summed E-state index contributed by atoms with van der Waals surface area (Å²) in [5, 5.41) is 0. The monoisotopic (exact) mass is 351 g/mol. The van der Waals surface area contributed by atoms with E-state index in [0.717, 1.165) is 17.7 Å². The van der Waals surface area contributed by atoms with E-state index >= 15 is 0 Å². The summed E-state index contributed by atoms with van der Waals surface area (Å²) in [6.07, 6.45) is -4.52. The second kappa shape index (κ2) is 7.59. The fourth-order valence-corrected chi connectivity index (χ4v) is 2.59. The molecule has 0 spiro atoms. The topological polar surface area (TPSA) is 29.5 Å². The predicted molar refractivity (Wildman–Crippen MR) is 89.3 cm³/mol. The molecule has 25 heavy (non-hydrogen) atoms. The molecule has 0 aliphatic rings. The van der Waals surface area contributed by atoms with Crippen molar-refractivity contribution in [3.05, 3.63) is 65.2 Å². The van der Waals surface area contributed by atoms with Gasteiger partial charge < -0.3 is 9.64 Å². The highest BCUT2D eigenvalue weighted by Crippen LogP contribution is 2.31. The fraction of sp³-hybridized carbons (Fsp3) is 0.316. The normalized spacial score (nSPS) is 12.6. The van der Waals surface area contributed by atoms with Crippen molar-refractivity contribution in [3.63, 3.8) is 0 Å². The third-order valence-electron chi connectivity index (χ3n) is 4.17. The summed E-state index contributed by atoms with van der Waals surface area (Å²) < 4.78 is 43.7. The molecule has 2 aromatic rings. The van der Waals surface area contributed by atoms with Crippen LogP contribution in [0.4, 0.5) is 13.2 Å². The Morgan fingerprint density at radius 1 is 1.16 bits per heavy atom. The first kappa shape index (κ1) is 18.8. The van der Waals surface area contributed by atoms with E-state index in [-0.39, 0.29) is 18.4 Å². The van der Waals surface area contributed by atoms with Gasteiger partial charge in [-0.25, -0.2) is 0 Å². The number of nitrogens with zero attached hydrogens (tertiary/aromatic N) is 1. The van der Waals surface area contributed by atoms with E-state index in [2.05, 4.69) is 0 Å². The molecule has 0 aliphatic carbocycles. The Hall–Kier alpha value is -2.50. The lowest BCUT2D eigenvalue weighted by Gasteiger charge is -2.26. The zero-order valence-corrected chi connectivity index (χ0v) is 14.3. The minimum atomic E-state index is -4.42. The van der Waals surface area contributed by atoms with E-state index in [0.29, 0.717) is 11.3 Å². The molecule has 1 atom stereocenters. The van der Waals surface area contributed by atoms with Gasteiger partial charge in [-0.15, -0.1) is 0 Å². The van der Waals surface area contributed by atoms with Crippen molar-refractivity contribution in [2.24, 2.45) is 0 Å². The summed E-state index contributed by atoms with van der Waals surface area (Å²) in [4.78, 5) is 14.0. The molecular weight excluding hydrogens is 331 g/mol. The number of rotatable bonds is 5. The maximum Gasteiger partial charge on any atom is 0.416 e. The van der Waals surface area contributed by atoms with Crippen molar-refractivity contribution in [2.45, 2.75) is 25.6 Å². The summed E-state index contributed by atoms with van der Waals surface area (Å²) in [6, 6.07) is 11.9. The van der Waals surface area contributed by atoms with E-state index in [1.54, 1.807) is 20.2 Å². The highest BCUT2D eigenvalue weighted by molar-refractivity contribution is 5.79. The number of para-hydroxylation sites is 1. The highest BCUT2D eigenvalue weighted by Gasteiger charge is 2.30. The van der Waals surface area contributed by atoms with Gasteiger partial charge in [0.05, 0.1) is 25.1 Å². The van der Waals surface area contributed by atoms with Crippen molar-refractivity contribution < 1.29 is 22.7 Å². The van der Waals surface area contributed by atoms with Crippen LogP contribution in [0, 0.1) is 0 Å². The summed E-state index contributed by atoms with van der Waals surface area (Å²) >= 11 is 0. The van der Waals surface area contributed by atoms with Crippen LogP contribution in [-0.2, 0) is 17.4 Å². The maximum absolute atomic E-state index is 12.8. The molecule has 1 amide bonds. The number of hydrogen-bond acceptors (Lipinski definition) is 2. The number of methoxy groups -OCH3 is 1. The van der Waals surface area contributed by atoms with Crippen molar-refractivity contribution in [3.8, 4) is 5.75 Å². The second-order valence-corrected chi connectivity index (χ2v) is 5.80. The fourth-order valence-electron chi connectivity index (χ4n) is 2.59. The number of ether oxygens (including phenoxy) is 1. The van der Waals surface area contributed by atoms with E-state index in [1.165, 1.54) is 17.0 Å².